The van der Waals surface area contributed by atoms with Crippen LogP contribution in [0.4, 0.5) is 13.6 Å². The van der Waals surface area contributed by atoms with Gasteiger partial charge in [0.2, 0.25) is 5.91 Å². The van der Waals surface area contributed by atoms with Crippen LogP contribution in [0, 0.1) is 11.8 Å². The first-order valence-corrected chi connectivity index (χ1v) is 11.7. The van der Waals surface area contributed by atoms with Crippen LogP contribution in [0.1, 0.15) is 43.2 Å². The summed E-state index contributed by atoms with van der Waals surface area (Å²) in [7, 11) is 0. The van der Waals surface area contributed by atoms with Gasteiger partial charge in [-0.15, -0.1) is 0 Å². The number of halogens is 2. The van der Waals surface area contributed by atoms with E-state index in [1.165, 1.54) is 0 Å². The van der Waals surface area contributed by atoms with Crippen LogP contribution in [-0.4, -0.2) is 48.2 Å². The number of hydrogen-bond acceptors (Lipinski definition) is 4. The van der Waals surface area contributed by atoms with Crippen LogP contribution in [0.25, 0.3) is 11.1 Å². The van der Waals surface area contributed by atoms with E-state index in [0.29, 0.717) is 12.8 Å². The van der Waals surface area contributed by atoms with Crippen molar-refractivity contribution in [1.29, 1.82) is 0 Å². The van der Waals surface area contributed by atoms with E-state index in [9.17, 15) is 23.2 Å². The lowest BCUT2D eigenvalue weighted by atomic mass is 9.98. The van der Waals surface area contributed by atoms with E-state index >= 15 is 0 Å². The third kappa shape index (κ3) is 5.13. The smallest absolute Gasteiger partial charge is 0.407 e. The molecule has 0 radical (unpaired) electrons. The number of carboxylic acids is 1. The quantitative estimate of drug-likeness (QED) is 0.468. The van der Waals surface area contributed by atoms with Gasteiger partial charge in [-0.1, -0.05) is 61.9 Å². The highest BCUT2D eigenvalue weighted by molar-refractivity contribution is 5.84. The second kappa shape index (κ2) is 10.0. The number of carbonyl (C=O) groups excluding carboxylic acids is 2. The highest BCUT2D eigenvalue weighted by atomic mass is 19.3. The highest BCUT2D eigenvalue weighted by Crippen LogP contribution is 2.55. The molecule has 3 N–H and O–H groups in total. The van der Waals surface area contributed by atoms with Gasteiger partial charge >= 0.3 is 12.1 Å². The molecule has 2 amide bonds. The minimum Gasteiger partial charge on any atom is -0.481 e. The number of ether oxygens (including phenoxy) is 1. The Kier molecular flexibility index (Phi) is 7.05. The van der Waals surface area contributed by atoms with Crippen molar-refractivity contribution >= 4 is 18.0 Å². The lowest BCUT2D eigenvalue weighted by Gasteiger charge is -2.16. The summed E-state index contributed by atoms with van der Waals surface area (Å²) in [5, 5.41) is 13.7. The molecule has 0 saturated heterocycles. The van der Waals surface area contributed by atoms with Crippen LogP contribution in [0.2, 0.25) is 0 Å². The second-order valence-electron chi connectivity index (χ2n) is 9.06. The van der Waals surface area contributed by atoms with Crippen molar-refractivity contribution in [3.05, 3.63) is 59.7 Å². The zero-order chi connectivity index (χ0) is 25.2. The molecule has 2 aromatic carbocycles. The molecule has 0 aromatic heterocycles. The number of alkyl halides is 2. The van der Waals surface area contributed by atoms with Crippen molar-refractivity contribution in [1.82, 2.24) is 10.6 Å². The van der Waals surface area contributed by atoms with Crippen LogP contribution in [0.5, 0.6) is 0 Å². The molecule has 9 heteroatoms. The molecule has 1 fully saturated rings. The van der Waals surface area contributed by atoms with E-state index in [1.807, 2.05) is 55.5 Å². The molecule has 2 aliphatic carbocycles. The Morgan fingerprint density at radius 1 is 1.06 bits per heavy atom. The summed E-state index contributed by atoms with van der Waals surface area (Å²) in [5.41, 5.74) is 4.23. The first-order valence-electron chi connectivity index (χ1n) is 11.7. The van der Waals surface area contributed by atoms with Crippen LogP contribution >= 0.6 is 0 Å². The number of carbonyl (C=O) groups is 3. The van der Waals surface area contributed by atoms with Gasteiger partial charge in [-0.2, -0.15) is 0 Å². The molecule has 3 atom stereocenters. The van der Waals surface area contributed by atoms with Crippen LogP contribution in [-0.2, 0) is 14.3 Å². The van der Waals surface area contributed by atoms with Crippen molar-refractivity contribution in [2.24, 2.45) is 11.8 Å². The van der Waals surface area contributed by atoms with Gasteiger partial charge in [0.25, 0.3) is 5.92 Å². The average molecular weight is 487 g/mol. The van der Waals surface area contributed by atoms with Gasteiger partial charge in [-0.25, -0.2) is 13.6 Å². The van der Waals surface area contributed by atoms with E-state index in [2.05, 4.69) is 10.6 Å². The Labute approximate surface area is 201 Å². The predicted octanol–water partition coefficient (Wildman–Crippen LogP) is 4.17. The standard InChI is InChI=1S/C26H28F2N2O5/c1-2-7-15(12-22(31)32)30-24(33)23-21(26(23,27)28)13-29-25(34)35-14-20-18-10-5-3-8-16(18)17-9-4-6-11-19(17)20/h3-6,8-11,15,20-21,23H,2,7,12-14H2,1H3,(H,29,34)(H,30,33)(H,31,32)/t15-,21-,23-/m0/s1. The fraction of sp³-hybridized carbons (Fsp3) is 0.423. The maximum atomic E-state index is 14.3. The van der Waals surface area contributed by atoms with Crippen LogP contribution < -0.4 is 10.6 Å². The van der Waals surface area contributed by atoms with Gasteiger partial charge in [-0.05, 0) is 28.7 Å². The SMILES string of the molecule is CCC[C@@H](CC(=O)O)NC(=O)[C@@H]1[C@H](CNC(=O)OCC2c3ccccc3-c3ccccc32)C1(F)F. The van der Waals surface area contributed by atoms with Gasteiger partial charge < -0.3 is 20.5 Å². The van der Waals surface area contributed by atoms with Gasteiger partial charge in [0.15, 0.2) is 0 Å². The summed E-state index contributed by atoms with van der Waals surface area (Å²) in [5.74, 6) is -8.41. The number of nitrogens with one attached hydrogen (secondary N) is 2. The fourth-order valence-corrected chi connectivity index (χ4v) is 4.92. The molecule has 0 unspecified atom stereocenters. The van der Waals surface area contributed by atoms with Crippen LogP contribution in [0.15, 0.2) is 48.5 Å². The number of alkyl carbamates (subject to hydrolysis) is 1. The summed E-state index contributed by atoms with van der Waals surface area (Å²) in [6, 6.07) is 15.0. The zero-order valence-corrected chi connectivity index (χ0v) is 19.3. The van der Waals surface area contributed by atoms with Crippen molar-refractivity contribution < 1.29 is 33.0 Å². The Bertz CT molecular complexity index is 1080. The Balaban J connectivity index is 1.30. The summed E-state index contributed by atoms with van der Waals surface area (Å²) in [6.07, 6.45) is -0.186. The molecule has 0 bridgehead atoms. The zero-order valence-electron chi connectivity index (χ0n) is 19.3. The lowest BCUT2D eigenvalue weighted by molar-refractivity contribution is -0.137. The number of rotatable bonds is 10. The Morgan fingerprint density at radius 2 is 1.66 bits per heavy atom. The number of amides is 2. The molecule has 4 rings (SSSR count). The molecule has 1 saturated carbocycles. The molecule has 0 aliphatic heterocycles. The first kappa shape index (κ1) is 24.6. The third-order valence-corrected chi connectivity index (χ3v) is 6.70. The summed E-state index contributed by atoms with van der Waals surface area (Å²) >= 11 is 0. The topological polar surface area (TPSA) is 105 Å². The molecular formula is C26H28F2N2O5. The normalized spacial score (nSPS) is 20.3. The summed E-state index contributed by atoms with van der Waals surface area (Å²) < 4.78 is 33.9. The van der Waals surface area contributed by atoms with E-state index in [-0.39, 0.29) is 18.9 Å². The van der Waals surface area contributed by atoms with Crippen LogP contribution in [0.3, 0.4) is 0 Å². The lowest BCUT2D eigenvalue weighted by Crippen LogP contribution is -2.38. The largest absolute Gasteiger partial charge is 0.481 e. The maximum absolute atomic E-state index is 14.3. The van der Waals surface area contributed by atoms with Crippen molar-refractivity contribution in [2.45, 2.75) is 44.1 Å². The minimum absolute atomic E-state index is 0.0543. The van der Waals surface area contributed by atoms with Crippen molar-refractivity contribution in [2.75, 3.05) is 13.2 Å². The molecular weight excluding hydrogens is 458 g/mol. The third-order valence-electron chi connectivity index (χ3n) is 6.70. The molecule has 2 aromatic rings. The van der Waals surface area contributed by atoms with Gasteiger partial charge in [0, 0.05) is 18.5 Å². The monoisotopic (exact) mass is 486 g/mol. The molecule has 35 heavy (non-hydrogen) atoms. The number of fused-ring (bicyclic) bond motifs is 3. The number of hydrogen-bond donors (Lipinski definition) is 3. The average Bonchev–Trinajstić information content (AvgIpc) is 3.22. The first-order chi connectivity index (χ1) is 16.7. The minimum atomic E-state index is -3.28. The Morgan fingerprint density at radius 3 is 2.23 bits per heavy atom. The predicted molar refractivity (Wildman–Crippen MR) is 124 cm³/mol. The van der Waals surface area contributed by atoms with Crippen molar-refractivity contribution in [3.63, 3.8) is 0 Å². The van der Waals surface area contributed by atoms with E-state index in [0.717, 1.165) is 22.3 Å². The highest BCUT2D eigenvalue weighted by Gasteiger charge is 2.71. The van der Waals surface area contributed by atoms with Gasteiger partial charge in [0.1, 0.15) is 12.5 Å². The number of benzene rings is 2. The second-order valence-corrected chi connectivity index (χ2v) is 9.06. The summed E-state index contributed by atoms with van der Waals surface area (Å²) in [6.45, 7) is 1.45. The molecule has 0 heterocycles. The Hall–Kier alpha value is -3.49. The molecule has 186 valence electrons. The maximum Gasteiger partial charge on any atom is 0.407 e. The van der Waals surface area contributed by atoms with E-state index in [1.54, 1.807) is 0 Å². The van der Waals surface area contributed by atoms with E-state index < -0.39 is 48.3 Å². The number of carboxylic acid groups (broad SMARTS) is 1. The molecule has 7 nitrogen and oxygen atoms in total. The molecule has 0 spiro atoms. The molecule has 2 aliphatic rings. The van der Waals surface area contributed by atoms with Gasteiger partial charge in [-0.3, -0.25) is 9.59 Å². The number of aliphatic carboxylic acids is 1. The van der Waals surface area contributed by atoms with Gasteiger partial charge in [0.05, 0.1) is 12.3 Å². The summed E-state index contributed by atoms with van der Waals surface area (Å²) in [4.78, 5) is 35.6. The van der Waals surface area contributed by atoms with E-state index in [4.69, 9.17) is 9.84 Å². The van der Waals surface area contributed by atoms with Crippen molar-refractivity contribution in [3.8, 4) is 11.1 Å². The fourth-order valence-electron chi connectivity index (χ4n) is 4.92.